The number of carbonyl (C=O) groups excluding carboxylic acids is 1. The fourth-order valence-electron chi connectivity index (χ4n) is 1.83. The standard InChI is InChI=1S/C16H14ClFO2S/c17-14-5-1-12(2-6-14)11-21(20)10-9-16(19)13-3-7-15(18)8-4-13/h1-8H,9-11H2. The monoisotopic (exact) mass is 324 g/mol. The van der Waals surface area contributed by atoms with Gasteiger partial charge in [0.1, 0.15) is 5.82 Å². The van der Waals surface area contributed by atoms with Crippen LogP contribution in [-0.4, -0.2) is 15.7 Å². The van der Waals surface area contributed by atoms with Gasteiger partial charge in [-0.05, 0) is 42.0 Å². The third-order valence-electron chi connectivity index (χ3n) is 2.96. The smallest absolute Gasteiger partial charge is 0.163 e. The highest BCUT2D eigenvalue weighted by Crippen LogP contribution is 2.12. The van der Waals surface area contributed by atoms with Gasteiger partial charge in [0, 0.05) is 39.3 Å². The molecule has 21 heavy (non-hydrogen) atoms. The van der Waals surface area contributed by atoms with E-state index < -0.39 is 10.8 Å². The molecule has 2 nitrogen and oxygen atoms in total. The van der Waals surface area contributed by atoms with Crippen molar-refractivity contribution in [3.63, 3.8) is 0 Å². The summed E-state index contributed by atoms with van der Waals surface area (Å²) < 4.78 is 24.7. The Balaban J connectivity index is 1.84. The summed E-state index contributed by atoms with van der Waals surface area (Å²) in [6.45, 7) is 0. The molecular weight excluding hydrogens is 311 g/mol. The average Bonchev–Trinajstić information content (AvgIpc) is 2.48. The molecule has 0 radical (unpaired) electrons. The number of hydrogen-bond acceptors (Lipinski definition) is 2. The fourth-order valence-corrected chi connectivity index (χ4v) is 3.07. The van der Waals surface area contributed by atoms with Crippen molar-refractivity contribution < 1.29 is 13.4 Å². The van der Waals surface area contributed by atoms with Crippen LogP contribution in [0.25, 0.3) is 0 Å². The third kappa shape index (κ3) is 5.06. The normalized spacial score (nSPS) is 12.1. The molecule has 0 aliphatic rings. The Morgan fingerprint density at radius 1 is 1.05 bits per heavy atom. The van der Waals surface area contributed by atoms with Crippen LogP contribution in [0.3, 0.4) is 0 Å². The average molecular weight is 325 g/mol. The lowest BCUT2D eigenvalue weighted by Gasteiger charge is -2.03. The summed E-state index contributed by atoms with van der Waals surface area (Å²) in [6.07, 6.45) is 0.186. The van der Waals surface area contributed by atoms with E-state index in [1.807, 2.05) is 12.1 Å². The van der Waals surface area contributed by atoms with Gasteiger partial charge in [0.05, 0.1) is 0 Å². The quantitative estimate of drug-likeness (QED) is 0.753. The zero-order chi connectivity index (χ0) is 15.2. The zero-order valence-electron chi connectivity index (χ0n) is 11.2. The summed E-state index contributed by atoms with van der Waals surface area (Å²) >= 11 is 5.78. The molecule has 0 amide bonds. The lowest BCUT2D eigenvalue weighted by atomic mass is 10.1. The Morgan fingerprint density at radius 3 is 2.29 bits per heavy atom. The molecule has 0 N–H and O–H groups in total. The molecule has 0 saturated heterocycles. The Hall–Kier alpha value is -1.52. The van der Waals surface area contributed by atoms with Gasteiger partial charge in [-0.3, -0.25) is 9.00 Å². The van der Waals surface area contributed by atoms with E-state index in [0.29, 0.717) is 22.1 Å². The molecule has 0 aliphatic heterocycles. The molecule has 110 valence electrons. The first-order valence-electron chi connectivity index (χ1n) is 6.43. The van der Waals surface area contributed by atoms with Crippen LogP contribution in [0, 0.1) is 5.82 Å². The van der Waals surface area contributed by atoms with Crippen LogP contribution in [0.4, 0.5) is 4.39 Å². The lowest BCUT2D eigenvalue weighted by molar-refractivity contribution is 0.0989. The first-order valence-corrected chi connectivity index (χ1v) is 8.29. The highest BCUT2D eigenvalue weighted by atomic mass is 35.5. The second kappa shape index (κ2) is 7.48. The molecule has 1 atom stereocenters. The summed E-state index contributed by atoms with van der Waals surface area (Å²) in [6, 6.07) is 12.5. The fraction of sp³-hybridized carbons (Fsp3) is 0.188. The van der Waals surface area contributed by atoms with Crippen molar-refractivity contribution in [3.8, 4) is 0 Å². The molecule has 2 rings (SSSR count). The van der Waals surface area contributed by atoms with Crippen LogP contribution < -0.4 is 0 Å². The molecule has 2 aromatic carbocycles. The maximum absolute atomic E-state index is 12.8. The minimum atomic E-state index is -1.11. The Bertz CT molecular complexity index is 638. The van der Waals surface area contributed by atoms with Crippen molar-refractivity contribution in [2.24, 2.45) is 0 Å². The number of halogens is 2. The van der Waals surface area contributed by atoms with Crippen molar-refractivity contribution in [2.75, 3.05) is 5.75 Å². The third-order valence-corrected chi connectivity index (χ3v) is 4.53. The summed E-state index contributed by atoms with van der Waals surface area (Å²) in [5, 5.41) is 0.635. The minimum Gasteiger partial charge on any atom is -0.294 e. The number of ketones is 1. The molecule has 0 heterocycles. The van der Waals surface area contributed by atoms with Gasteiger partial charge in [-0.1, -0.05) is 23.7 Å². The summed E-state index contributed by atoms with van der Waals surface area (Å²) in [4.78, 5) is 11.9. The van der Waals surface area contributed by atoms with Crippen molar-refractivity contribution in [2.45, 2.75) is 12.2 Å². The molecule has 0 aromatic heterocycles. The Morgan fingerprint density at radius 2 is 1.67 bits per heavy atom. The van der Waals surface area contributed by atoms with Crippen molar-refractivity contribution in [1.29, 1.82) is 0 Å². The van der Waals surface area contributed by atoms with Gasteiger partial charge < -0.3 is 0 Å². The predicted molar refractivity (Wildman–Crippen MR) is 83.5 cm³/mol. The van der Waals surface area contributed by atoms with Crippen molar-refractivity contribution >= 4 is 28.2 Å². The van der Waals surface area contributed by atoms with Crippen LogP contribution in [0.1, 0.15) is 22.3 Å². The van der Waals surface area contributed by atoms with Gasteiger partial charge in [0.25, 0.3) is 0 Å². The number of rotatable bonds is 6. The predicted octanol–water partition coefficient (Wildman–Crippen LogP) is 4.00. The van der Waals surface area contributed by atoms with Crippen molar-refractivity contribution in [3.05, 3.63) is 70.5 Å². The van der Waals surface area contributed by atoms with Gasteiger partial charge in [-0.15, -0.1) is 0 Å². The van der Waals surface area contributed by atoms with E-state index in [1.54, 1.807) is 12.1 Å². The van der Waals surface area contributed by atoms with Gasteiger partial charge >= 0.3 is 0 Å². The largest absolute Gasteiger partial charge is 0.294 e. The summed E-state index contributed by atoms with van der Waals surface area (Å²) in [5.41, 5.74) is 1.37. The zero-order valence-corrected chi connectivity index (χ0v) is 12.8. The van der Waals surface area contributed by atoms with E-state index in [1.165, 1.54) is 24.3 Å². The summed E-state index contributed by atoms with van der Waals surface area (Å²) in [7, 11) is -1.11. The first-order chi connectivity index (χ1) is 10.0. The maximum atomic E-state index is 12.8. The molecule has 0 saturated carbocycles. The van der Waals surface area contributed by atoms with Crippen LogP contribution in [0.15, 0.2) is 48.5 Å². The van der Waals surface area contributed by atoms with E-state index in [0.717, 1.165) is 5.56 Å². The molecule has 2 aromatic rings. The van der Waals surface area contributed by atoms with E-state index in [4.69, 9.17) is 11.6 Å². The van der Waals surface area contributed by atoms with Gasteiger partial charge in [0.2, 0.25) is 0 Å². The maximum Gasteiger partial charge on any atom is 0.163 e. The van der Waals surface area contributed by atoms with E-state index in [2.05, 4.69) is 0 Å². The Labute approximate surface area is 130 Å². The highest BCUT2D eigenvalue weighted by Gasteiger charge is 2.09. The van der Waals surface area contributed by atoms with E-state index in [-0.39, 0.29) is 18.0 Å². The van der Waals surface area contributed by atoms with Gasteiger partial charge in [-0.25, -0.2) is 4.39 Å². The van der Waals surface area contributed by atoms with Crippen LogP contribution in [0.5, 0.6) is 0 Å². The molecule has 0 spiro atoms. The second-order valence-corrected chi connectivity index (χ2v) is 6.61. The van der Waals surface area contributed by atoms with E-state index in [9.17, 15) is 13.4 Å². The molecule has 0 bridgehead atoms. The van der Waals surface area contributed by atoms with Crippen molar-refractivity contribution in [1.82, 2.24) is 0 Å². The summed E-state index contributed by atoms with van der Waals surface area (Å²) in [5.74, 6) is 0.185. The molecule has 0 fully saturated rings. The second-order valence-electron chi connectivity index (χ2n) is 4.59. The molecular formula is C16H14ClFO2S. The minimum absolute atomic E-state index is 0.126. The number of carbonyl (C=O) groups is 1. The van der Waals surface area contributed by atoms with Gasteiger partial charge in [-0.2, -0.15) is 0 Å². The molecule has 5 heteroatoms. The topological polar surface area (TPSA) is 34.1 Å². The van der Waals surface area contributed by atoms with E-state index >= 15 is 0 Å². The Kier molecular flexibility index (Phi) is 5.65. The highest BCUT2D eigenvalue weighted by molar-refractivity contribution is 7.84. The number of benzene rings is 2. The molecule has 0 aliphatic carbocycles. The van der Waals surface area contributed by atoms with Gasteiger partial charge in [0.15, 0.2) is 5.78 Å². The van der Waals surface area contributed by atoms with Crippen LogP contribution in [-0.2, 0) is 16.6 Å². The van der Waals surface area contributed by atoms with Crippen LogP contribution >= 0.6 is 11.6 Å². The van der Waals surface area contributed by atoms with Crippen LogP contribution in [0.2, 0.25) is 5.02 Å². The lowest BCUT2D eigenvalue weighted by Crippen LogP contribution is -2.08. The molecule has 1 unspecified atom stereocenters. The number of hydrogen-bond donors (Lipinski definition) is 0. The number of Topliss-reactive ketones (excluding diaryl/α,β-unsaturated/α-hetero) is 1. The first kappa shape index (κ1) is 15.9. The SMILES string of the molecule is O=C(CCS(=O)Cc1ccc(Cl)cc1)c1ccc(F)cc1.